The number of alkyl halides is 2. The van der Waals surface area contributed by atoms with Crippen LogP contribution in [0.5, 0.6) is 5.75 Å². The molecule has 0 spiro atoms. The van der Waals surface area contributed by atoms with Gasteiger partial charge in [0.25, 0.3) is 0 Å². The van der Waals surface area contributed by atoms with Crippen molar-refractivity contribution in [2.75, 3.05) is 0 Å². The number of carbonyl (C=O) groups is 1. The highest BCUT2D eigenvalue weighted by Gasteiger charge is 2.26. The number of nitrogens with two attached hydrogens (primary N) is 1. The smallest absolute Gasteiger partial charge is 0.387 e. The van der Waals surface area contributed by atoms with Crippen molar-refractivity contribution in [1.29, 1.82) is 0 Å². The van der Waals surface area contributed by atoms with Crippen molar-refractivity contribution in [3.63, 3.8) is 0 Å². The highest BCUT2D eigenvalue weighted by molar-refractivity contribution is 5.85. The lowest BCUT2D eigenvalue weighted by molar-refractivity contribution is -0.122. The maximum Gasteiger partial charge on any atom is 0.387 e. The van der Waals surface area contributed by atoms with Crippen molar-refractivity contribution in [3.8, 4) is 5.75 Å². The monoisotopic (exact) mass is 352 g/mol. The predicted octanol–water partition coefficient (Wildman–Crippen LogP) is 2.98. The van der Waals surface area contributed by atoms with E-state index in [1.165, 1.54) is 12.1 Å². The molecule has 130 valence electrons. The fraction of sp³-hybridized carbons (Fsp3) is 0.533. The van der Waals surface area contributed by atoms with Gasteiger partial charge >= 0.3 is 6.61 Å². The van der Waals surface area contributed by atoms with Crippen LogP contribution in [0.4, 0.5) is 13.2 Å². The lowest BCUT2D eigenvalue weighted by Crippen LogP contribution is -2.31. The zero-order chi connectivity index (χ0) is 16.1. The average molecular weight is 353 g/mol. The average Bonchev–Trinajstić information content (AvgIpc) is 2.83. The van der Waals surface area contributed by atoms with E-state index in [2.05, 4.69) is 10.1 Å². The van der Waals surface area contributed by atoms with Crippen LogP contribution in [-0.2, 0) is 11.3 Å². The molecule has 1 amide bonds. The Morgan fingerprint density at radius 3 is 2.74 bits per heavy atom. The minimum Gasteiger partial charge on any atom is -0.434 e. The lowest BCUT2D eigenvalue weighted by atomic mass is 10.00. The molecule has 0 aliphatic heterocycles. The van der Waals surface area contributed by atoms with Crippen LogP contribution < -0.4 is 15.8 Å². The van der Waals surface area contributed by atoms with Crippen LogP contribution in [-0.4, -0.2) is 18.6 Å². The second kappa shape index (κ2) is 8.98. The molecule has 1 aromatic rings. The Kier molecular flexibility index (Phi) is 7.64. The van der Waals surface area contributed by atoms with E-state index >= 15 is 0 Å². The summed E-state index contributed by atoms with van der Waals surface area (Å²) in [5.41, 5.74) is 5.80. The molecule has 1 fully saturated rings. The van der Waals surface area contributed by atoms with E-state index in [1.807, 2.05) is 0 Å². The third kappa shape index (κ3) is 5.58. The van der Waals surface area contributed by atoms with E-state index in [9.17, 15) is 18.0 Å². The van der Waals surface area contributed by atoms with Crippen molar-refractivity contribution in [2.24, 2.45) is 11.7 Å². The Bertz CT molecular complexity index is 531. The first-order valence-corrected chi connectivity index (χ1v) is 7.22. The molecule has 2 rings (SSSR count). The Morgan fingerprint density at radius 1 is 1.39 bits per heavy atom. The van der Waals surface area contributed by atoms with Gasteiger partial charge in [0.2, 0.25) is 5.91 Å². The third-order valence-corrected chi connectivity index (χ3v) is 3.92. The lowest BCUT2D eigenvalue weighted by Gasteiger charge is -2.16. The first-order valence-electron chi connectivity index (χ1n) is 7.22. The number of carbonyl (C=O) groups excluding carboxylic acids is 1. The molecule has 23 heavy (non-hydrogen) atoms. The number of benzene rings is 1. The maximum absolute atomic E-state index is 13.7. The van der Waals surface area contributed by atoms with Gasteiger partial charge in [0.15, 0.2) is 0 Å². The highest BCUT2D eigenvalue weighted by atomic mass is 35.5. The molecular formula is C15H20ClF3N2O2. The van der Waals surface area contributed by atoms with Gasteiger partial charge in [-0.1, -0.05) is 12.5 Å². The van der Waals surface area contributed by atoms with Crippen LogP contribution in [0.1, 0.15) is 31.2 Å². The summed E-state index contributed by atoms with van der Waals surface area (Å²) in [5.74, 6) is -1.12. The van der Waals surface area contributed by atoms with E-state index in [1.54, 1.807) is 0 Å². The van der Waals surface area contributed by atoms with Crippen LogP contribution in [0.2, 0.25) is 0 Å². The van der Waals surface area contributed by atoms with Crippen molar-refractivity contribution >= 4 is 18.3 Å². The molecule has 0 aromatic heterocycles. The Labute approximate surface area is 139 Å². The zero-order valence-corrected chi connectivity index (χ0v) is 13.3. The predicted molar refractivity (Wildman–Crippen MR) is 82.1 cm³/mol. The van der Waals surface area contributed by atoms with Crippen LogP contribution in [0.25, 0.3) is 0 Å². The first kappa shape index (κ1) is 19.6. The van der Waals surface area contributed by atoms with E-state index < -0.39 is 12.4 Å². The van der Waals surface area contributed by atoms with Gasteiger partial charge in [-0.25, -0.2) is 4.39 Å². The quantitative estimate of drug-likeness (QED) is 0.827. The summed E-state index contributed by atoms with van der Waals surface area (Å²) in [4.78, 5) is 11.9. The molecule has 1 saturated carbocycles. The van der Waals surface area contributed by atoms with Crippen LogP contribution in [0.3, 0.4) is 0 Å². The normalized spacial score (nSPS) is 20.2. The van der Waals surface area contributed by atoms with Crippen LogP contribution >= 0.6 is 12.4 Å². The van der Waals surface area contributed by atoms with Crippen molar-refractivity contribution < 1.29 is 22.7 Å². The van der Waals surface area contributed by atoms with E-state index in [0.717, 1.165) is 25.3 Å². The summed E-state index contributed by atoms with van der Waals surface area (Å²) in [6.07, 6.45) is 3.06. The standard InChI is InChI=1S/C15H19F3N2O2.ClH/c16-11-4-2-6-13(22-15(17)18)10(11)8-20-14(21)7-9-3-1-5-12(9)19;/h2,4,6,9,12,15H,1,3,5,7-8,19H2,(H,20,21);1H/t9-,12+;/m0./s1. The molecule has 3 N–H and O–H groups in total. The number of halogens is 4. The van der Waals surface area contributed by atoms with Crippen molar-refractivity contribution in [1.82, 2.24) is 5.32 Å². The summed E-state index contributed by atoms with van der Waals surface area (Å²) in [5, 5.41) is 2.54. The number of nitrogens with one attached hydrogen (secondary N) is 1. The molecule has 1 aliphatic rings. The Balaban J connectivity index is 0.00000264. The number of amides is 1. The molecule has 0 saturated heterocycles. The molecule has 0 heterocycles. The van der Waals surface area contributed by atoms with Crippen molar-refractivity contribution in [3.05, 3.63) is 29.6 Å². The zero-order valence-electron chi connectivity index (χ0n) is 12.4. The second-order valence-electron chi connectivity index (χ2n) is 5.43. The molecule has 0 bridgehead atoms. The number of hydrogen-bond acceptors (Lipinski definition) is 3. The van der Waals surface area contributed by atoms with Gasteiger partial charge < -0.3 is 15.8 Å². The minimum atomic E-state index is -3.05. The molecular weight excluding hydrogens is 333 g/mol. The van der Waals surface area contributed by atoms with Gasteiger partial charge in [0, 0.05) is 24.6 Å². The number of ether oxygens (including phenoxy) is 1. The summed E-state index contributed by atoms with van der Waals surface area (Å²) < 4.78 is 42.6. The van der Waals surface area contributed by atoms with E-state index in [0.29, 0.717) is 0 Å². The highest BCUT2D eigenvalue weighted by Crippen LogP contribution is 2.27. The molecule has 1 aliphatic carbocycles. The summed E-state index contributed by atoms with van der Waals surface area (Å²) >= 11 is 0. The van der Waals surface area contributed by atoms with Gasteiger partial charge in [-0.15, -0.1) is 12.4 Å². The molecule has 1 aromatic carbocycles. The Hall–Kier alpha value is -1.47. The summed E-state index contributed by atoms with van der Waals surface area (Å²) in [6, 6.07) is 3.66. The number of rotatable bonds is 6. The fourth-order valence-corrected chi connectivity index (χ4v) is 2.73. The van der Waals surface area contributed by atoms with Gasteiger partial charge in [-0.05, 0) is 30.9 Å². The van der Waals surface area contributed by atoms with Gasteiger partial charge in [-0.2, -0.15) is 8.78 Å². The van der Waals surface area contributed by atoms with Gasteiger partial charge in [-0.3, -0.25) is 4.79 Å². The first-order chi connectivity index (χ1) is 10.5. The van der Waals surface area contributed by atoms with Crippen LogP contribution in [0, 0.1) is 11.7 Å². The third-order valence-electron chi connectivity index (χ3n) is 3.92. The topological polar surface area (TPSA) is 64.4 Å². The molecule has 8 heteroatoms. The second-order valence-corrected chi connectivity index (χ2v) is 5.43. The van der Waals surface area contributed by atoms with Gasteiger partial charge in [0.05, 0.1) is 0 Å². The molecule has 4 nitrogen and oxygen atoms in total. The minimum absolute atomic E-state index is 0. The summed E-state index contributed by atoms with van der Waals surface area (Å²) in [7, 11) is 0. The van der Waals surface area contributed by atoms with E-state index in [4.69, 9.17) is 5.73 Å². The Morgan fingerprint density at radius 2 is 2.13 bits per heavy atom. The largest absolute Gasteiger partial charge is 0.434 e. The summed E-state index contributed by atoms with van der Waals surface area (Å²) in [6.45, 7) is -3.25. The van der Waals surface area contributed by atoms with E-state index in [-0.39, 0.29) is 54.6 Å². The molecule has 0 radical (unpaired) electrons. The maximum atomic E-state index is 13.7. The number of hydrogen-bond donors (Lipinski definition) is 2. The van der Waals surface area contributed by atoms with Crippen molar-refractivity contribution in [2.45, 2.75) is 44.9 Å². The van der Waals surface area contributed by atoms with Crippen LogP contribution in [0.15, 0.2) is 18.2 Å². The molecule has 2 atom stereocenters. The van der Waals surface area contributed by atoms with Gasteiger partial charge in [0.1, 0.15) is 11.6 Å². The molecule has 0 unspecified atom stereocenters. The fourth-order valence-electron chi connectivity index (χ4n) is 2.73. The SMILES string of the molecule is Cl.N[C@@H]1CCC[C@H]1CC(=O)NCc1c(F)cccc1OC(F)F.